The number of nitrogens with two attached hydrogens (primary N) is 1. The molecular weight excluding hydrogens is 245 g/mol. The van der Waals surface area contributed by atoms with Gasteiger partial charge in [0.25, 0.3) is 0 Å². The first-order valence-corrected chi connectivity index (χ1v) is 5.56. The second-order valence-electron chi connectivity index (χ2n) is 3.85. The maximum absolute atomic E-state index is 12.1. The summed E-state index contributed by atoms with van der Waals surface area (Å²) in [5.41, 5.74) is 6.56. The van der Waals surface area contributed by atoms with Gasteiger partial charge in [0.05, 0.1) is 6.42 Å². The summed E-state index contributed by atoms with van der Waals surface area (Å²) in [4.78, 5) is 13.0. The molecule has 0 spiro atoms. The Morgan fingerprint density at radius 2 is 2.06 bits per heavy atom. The zero-order valence-electron chi connectivity index (χ0n) is 10.00. The minimum Gasteiger partial charge on any atom is -0.399 e. The Hall–Kier alpha value is -1.72. The van der Waals surface area contributed by atoms with Crippen molar-refractivity contribution in [1.82, 2.24) is 0 Å². The Morgan fingerprint density at radius 1 is 1.39 bits per heavy atom. The van der Waals surface area contributed by atoms with Gasteiger partial charge in [0.2, 0.25) is 5.91 Å². The standard InChI is InChI=1S/C12H15F3N2O/c1-2-17(10-5-3-4-9(16)8-10)11(18)6-7-12(13,14)15/h3-5,8H,2,6-7,16H2,1H3. The zero-order valence-corrected chi connectivity index (χ0v) is 10.00. The first-order valence-electron chi connectivity index (χ1n) is 5.56. The highest BCUT2D eigenvalue weighted by atomic mass is 19.4. The molecule has 0 saturated heterocycles. The molecule has 2 N–H and O–H groups in total. The van der Waals surface area contributed by atoms with Crippen LogP contribution in [-0.2, 0) is 4.79 Å². The molecule has 0 fully saturated rings. The van der Waals surface area contributed by atoms with E-state index in [1.165, 1.54) is 4.90 Å². The minimum atomic E-state index is -4.31. The maximum atomic E-state index is 12.1. The molecule has 3 nitrogen and oxygen atoms in total. The van der Waals surface area contributed by atoms with E-state index >= 15 is 0 Å². The second kappa shape index (κ2) is 5.75. The summed E-state index contributed by atoms with van der Waals surface area (Å²) in [5.74, 6) is -0.555. The van der Waals surface area contributed by atoms with Gasteiger partial charge in [-0.25, -0.2) is 0 Å². The molecule has 1 amide bonds. The largest absolute Gasteiger partial charge is 0.399 e. The van der Waals surface area contributed by atoms with Crippen LogP contribution in [-0.4, -0.2) is 18.6 Å². The third kappa shape index (κ3) is 4.27. The van der Waals surface area contributed by atoms with Crippen molar-refractivity contribution in [1.29, 1.82) is 0 Å². The van der Waals surface area contributed by atoms with E-state index in [-0.39, 0.29) is 0 Å². The van der Waals surface area contributed by atoms with Crippen LogP contribution >= 0.6 is 0 Å². The van der Waals surface area contributed by atoms with E-state index < -0.39 is 24.9 Å². The monoisotopic (exact) mass is 260 g/mol. The lowest BCUT2D eigenvalue weighted by Crippen LogP contribution is -2.31. The predicted molar refractivity (Wildman–Crippen MR) is 64.2 cm³/mol. The Kier molecular flexibility index (Phi) is 4.58. The molecule has 100 valence electrons. The topological polar surface area (TPSA) is 46.3 Å². The normalized spacial score (nSPS) is 11.3. The number of rotatable bonds is 4. The number of halogens is 3. The minimum absolute atomic E-state index is 0.306. The molecule has 0 heterocycles. The molecule has 18 heavy (non-hydrogen) atoms. The van der Waals surface area contributed by atoms with Crippen LogP contribution < -0.4 is 10.6 Å². The number of alkyl halides is 3. The molecule has 1 aromatic rings. The fourth-order valence-electron chi connectivity index (χ4n) is 1.58. The van der Waals surface area contributed by atoms with Crippen molar-refractivity contribution in [3.05, 3.63) is 24.3 Å². The molecule has 0 aliphatic carbocycles. The lowest BCUT2D eigenvalue weighted by molar-refractivity contribution is -0.143. The third-order valence-corrected chi connectivity index (χ3v) is 2.42. The molecule has 0 aliphatic rings. The number of hydrogen-bond acceptors (Lipinski definition) is 2. The summed E-state index contributed by atoms with van der Waals surface area (Å²) in [7, 11) is 0. The predicted octanol–water partition coefficient (Wildman–Crippen LogP) is 2.96. The molecule has 1 aromatic carbocycles. The van der Waals surface area contributed by atoms with E-state index in [0.717, 1.165) is 0 Å². The van der Waals surface area contributed by atoms with Crippen LogP contribution in [0, 0.1) is 0 Å². The molecule has 0 radical (unpaired) electrons. The molecule has 1 rings (SSSR count). The van der Waals surface area contributed by atoms with Crippen LogP contribution in [0.5, 0.6) is 0 Å². The van der Waals surface area contributed by atoms with E-state index in [2.05, 4.69) is 0 Å². The van der Waals surface area contributed by atoms with Crippen molar-refractivity contribution in [3.8, 4) is 0 Å². The number of nitrogen functional groups attached to an aromatic ring is 1. The van der Waals surface area contributed by atoms with Gasteiger partial charge in [0.15, 0.2) is 0 Å². The quantitative estimate of drug-likeness (QED) is 0.846. The number of carbonyl (C=O) groups excluding carboxylic acids is 1. The summed E-state index contributed by atoms with van der Waals surface area (Å²) < 4.78 is 36.2. The fourth-order valence-corrected chi connectivity index (χ4v) is 1.58. The molecule has 0 aromatic heterocycles. The summed E-state index contributed by atoms with van der Waals surface area (Å²) in [6.45, 7) is 2.01. The van der Waals surface area contributed by atoms with Gasteiger partial charge in [-0.1, -0.05) is 6.07 Å². The molecule has 0 unspecified atom stereocenters. The molecule has 0 bridgehead atoms. The summed E-state index contributed by atoms with van der Waals surface area (Å²) >= 11 is 0. The molecule has 0 aliphatic heterocycles. The van der Waals surface area contributed by atoms with Crippen molar-refractivity contribution in [2.24, 2.45) is 0 Å². The smallest absolute Gasteiger partial charge is 0.389 e. The Bertz CT molecular complexity index is 418. The van der Waals surface area contributed by atoms with Gasteiger partial charge in [-0.3, -0.25) is 4.79 Å². The van der Waals surface area contributed by atoms with E-state index in [1.54, 1.807) is 31.2 Å². The van der Waals surface area contributed by atoms with Gasteiger partial charge in [-0.2, -0.15) is 13.2 Å². The van der Waals surface area contributed by atoms with Crippen molar-refractivity contribution in [3.63, 3.8) is 0 Å². The number of nitrogens with zero attached hydrogens (tertiary/aromatic N) is 1. The van der Waals surface area contributed by atoms with Gasteiger partial charge in [0.1, 0.15) is 0 Å². The molecular formula is C12H15F3N2O. The molecule has 0 saturated carbocycles. The highest BCUT2D eigenvalue weighted by Gasteiger charge is 2.29. The Labute approximate surface area is 103 Å². The fraction of sp³-hybridized carbons (Fsp3) is 0.417. The summed E-state index contributed by atoms with van der Waals surface area (Å²) in [6, 6.07) is 6.52. The van der Waals surface area contributed by atoms with E-state index in [4.69, 9.17) is 5.73 Å². The average molecular weight is 260 g/mol. The van der Waals surface area contributed by atoms with Crippen LogP contribution in [0.1, 0.15) is 19.8 Å². The van der Waals surface area contributed by atoms with Crippen LogP contribution in [0.4, 0.5) is 24.5 Å². The first kappa shape index (κ1) is 14.3. The first-order chi connectivity index (χ1) is 8.33. The SMILES string of the molecule is CCN(C(=O)CCC(F)(F)F)c1cccc(N)c1. The second-order valence-corrected chi connectivity index (χ2v) is 3.85. The zero-order chi connectivity index (χ0) is 13.8. The van der Waals surface area contributed by atoms with Crippen LogP contribution in [0.15, 0.2) is 24.3 Å². The average Bonchev–Trinajstić information content (AvgIpc) is 2.26. The van der Waals surface area contributed by atoms with Gasteiger partial charge in [0, 0.05) is 24.3 Å². The number of carbonyl (C=O) groups is 1. The van der Waals surface area contributed by atoms with E-state index in [9.17, 15) is 18.0 Å². The van der Waals surface area contributed by atoms with Crippen LogP contribution in [0.25, 0.3) is 0 Å². The van der Waals surface area contributed by atoms with E-state index in [0.29, 0.717) is 17.9 Å². The highest BCUT2D eigenvalue weighted by Crippen LogP contribution is 2.24. The Balaban J connectivity index is 2.75. The van der Waals surface area contributed by atoms with Crippen LogP contribution in [0.2, 0.25) is 0 Å². The van der Waals surface area contributed by atoms with Crippen molar-refractivity contribution >= 4 is 17.3 Å². The summed E-state index contributed by atoms with van der Waals surface area (Å²) in [5, 5.41) is 0. The maximum Gasteiger partial charge on any atom is 0.389 e. The number of hydrogen-bond donors (Lipinski definition) is 1. The van der Waals surface area contributed by atoms with Gasteiger partial charge in [-0.15, -0.1) is 0 Å². The molecule has 6 heteroatoms. The van der Waals surface area contributed by atoms with Crippen LogP contribution in [0.3, 0.4) is 0 Å². The van der Waals surface area contributed by atoms with Crippen molar-refractivity contribution < 1.29 is 18.0 Å². The summed E-state index contributed by atoms with van der Waals surface area (Å²) in [6.07, 6.45) is -5.97. The van der Waals surface area contributed by atoms with Crippen molar-refractivity contribution in [2.45, 2.75) is 25.9 Å². The number of benzene rings is 1. The third-order valence-electron chi connectivity index (χ3n) is 2.42. The van der Waals surface area contributed by atoms with Gasteiger partial charge < -0.3 is 10.6 Å². The number of anilines is 2. The van der Waals surface area contributed by atoms with Crippen molar-refractivity contribution in [2.75, 3.05) is 17.2 Å². The Morgan fingerprint density at radius 3 is 2.56 bits per heavy atom. The van der Waals surface area contributed by atoms with E-state index in [1.807, 2.05) is 0 Å². The molecule has 0 atom stereocenters. The highest BCUT2D eigenvalue weighted by molar-refractivity contribution is 5.93. The van der Waals surface area contributed by atoms with Gasteiger partial charge >= 0.3 is 6.18 Å². The lowest BCUT2D eigenvalue weighted by Gasteiger charge is -2.21. The van der Waals surface area contributed by atoms with Gasteiger partial charge in [-0.05, 0) is 25.1 Å². The lowest BCUT2D eigenvalue weighted by atomic mass is 10.2. The number of amides is 1.